The Kier molecular flexibility index (Phi) is 4.65. The third-order valence-corrected chi connectivity index (χ3v) is 1.95. The average molecular weight is 224 g/mol. The van der Waals surface area contributed by atoms with Crippen LogP contribution in [0.3, 0.4) is 0 Å². The Morgan fingerprint density at radius 1 is 1.50 bits per heavy atom. The Hall–Kier alpha value is -1.69. The van der Waals surface area contributed by atoms with Crippen LogP contribution in [0, 0.1) is 10.1 Å². The minimum Gasteiger partial charge on any atom is -0.363 e. The summed E-state index contributed by atoms with van der Waals surface area (Å²) in [7, 11) is 0. The van der Waals surface area contributed by atoms with Gasteiger partial charge in [0.25, 0.3) is 0 Å². The molecule has 0 saturated heterocycles. The normalized spacial score (nSPS) is 10.4. The van der Waals surface area contributed by atoms with Gasteiger partial charge in [-0.2, -0.15) is 0 Å². The van der Waals surface area contributed by atoms with Crippen molar-refractivity contribution in [3.8, 4) is 0 Å². The number of aromatic nitrogens is 1. The number of pyridine rings is 1. The maximum Gasteiger partial charge on any atom is 0.311 e. The van der Waals surface area contributed by atoms with Crippen LogP contribution in [-0.2, 0) is 0 Å². The van der Waals surface area contributed by atoms with Crippen LogP contribution in [-0.4, -0.2) is 29.0 Å². The first-order valence-electron chi connectivity index (χ1n) is 5.18. The van der Waals surface area contributed by atoms with Gasteiger partial charge in [-0.3, -0.25) is 10.1 Å². The summed E-state index contributed by atoms with van der Waals surface area (Å²) >= 11 is 0. The number of hydrogen-bond donors (Lipinski definition) is 2. The van der Waals surface area contributed by atoms with Gasteiger partial charge in [0.2, 0.25) is 5.82 Å². The Labute approximate surface area is 94.2 Å². The molecule has 0 aliphatic heterocycles. The lowest BCUT2D eigenvalue weighted by Gasteiger charge is -2.09. The number of rotatable bonds is 6. The highest BCUT2D eigenvalue weighted by Gasteiger charge is 2.12. The Morgan fingerprint density at radius 3 is 2.88 bits per heavy atom. The Balaban J connectivity index is 2.50. The molecule has 6 nitrogen and oxygen atoms in total. The second-order valence-electron chi connectivity index (χ2n) is 3.66. The third-order valence-electron chi connectivity index (χ3n) is 1.95. The minimum atomic E-state index is -0.439. The fraction of sp³-hybridized carbons (Fsp3) is 0.500. The van der Waals surface area contributed by atoms with E-state index in [0.717, 1.165) is 6.54 Å². The molecular formula is C10H16N4O2. The molecule has 1 aromatic heterocycles. The van der Waals surface area contributed by atoms with Crippen LogP contribution in [0.4, 0.5) is 11.5 Å². The highest BCUT2D eigenvalue weighted by Crippen LogP contribution is 2.19. The Bertz CT molecular complexity index is 354. The summed E-state index contributed by atoms with van der Waals surface area (Å²) < 4.78 is 0. The summed E-state index contributed by atoms with van der Waals surface area (Å²) in [5.74, 6) is 0.318. The molecule has 0 spiro atoms. The lowest BCUT2D eigenvalue weighted by molar-refractivity contribution is -0.384. The van der Waals surface area contributed by atoms with Crippen LogP contribution in [0.5, 0.6) is 0 Å². The van der Waals surface area contributed by atoms with E-state index >= 15 is 0 Å². The molecule has 0 unspecified atom stereocenters. The molecule has 0 radical (unpaired) electrons. The van der Waals surface area contributed by atoms with Crippen LogP contribution in [0.1, 0.15) is 13.8 Å². The highest BCUT2D eigenvalue weighted by molar-refractivity contribution is 5.54. The lowest BCUT2D eigenvalue weighted by atomic mass is 10.3. The van der Waals surface area contributed by atoms with Crippen molar-refractivity contribution < 1.29 is 4.92 Å². The van der Waals surface area contributed by atoms with E-state index in [4.69, 9.17) is 0 Å². The minimum absolute atomic E-state index is 0.00652. The average Bonchev–Trinajstić information content (AvgIpc) is 2.24. The van der Waals surface area contributed by atoms with Crippen molar-refractivity contribution in [1.29, 1.82) is 0 Å². The monoisotopic (exact) mass is 224 g/mol. The largest absolute Gasteiger partial charge is 0.363 e. The molecule has 1 heterocycles. The topological polar surface area (TPSA) is 80.1 Å². The zero-order valence-electron chi connectivity index (χ0n) is 9.43. The van der Waals surface area contributed by atoms with Gasteiger partial charge >= 0.3 is 5.69 Å². The predicted molar refractivity (Wildman–Crippen MR) is 62.5 cm³/mol. The summed E-state index contributed by atoms with van der Waals surface area (Å²) in [4.78, 5) is 14.2. The number of nitrogens with zero attached hydrogens (tertiary/aromatic N) is 2. The molecule has 0 saturated carbocycles. The molecule has 88 valence electrons. The summed E-state index contributed by atoms with van der Waals surface area (Å²) in [5.41, 5.74) is 0.00652. The first-order chi connectivity index (χ1) is 7.61. The zero-order chi connectivity index (χ0) is 12.0. The molecule has 0 bridgehead atoms. The van der Waals surface area contributed by atoms with Gasteiger partial charge in [-0.05, 0) is 6.07 Å². The molecule has 0 aliphatic rings. The van der Waals surface area contributed by atoms with Crippen molar-refractivity contribution in [2.45, 2.75) is 19.9 Å². The quantitative estimate of drug-likeness (QED) is 0.433. The maximum absolute atomic E-state index is 10.7. The fourth-order valence-corrected chi connectivity index (χ4v) is 1.22. The predicted octanol–water partition coefficient (Wildman–Crippen LogP) is 1.40. The van der Waals surface area contributed by atoms with E-state index in [-0.39, 0.29) is 5.69 Å². The smallest absolute Gasteiger partial charge is 0.311 e. The van der Waals surface area contributed by atoms with E-state index in [1.165, 1.54) is 12.3 Å². The molecule has 2 N–H and O–H groups in total. The van der Waals surface area contributed by atoms with Crippen molar-refractivity contribution in [2.24, 2.45) is 0 Å². The maximum atomic E-state index is 10.7. The second kappa shape index (κ2) is 6.02. The van der Waals surface area contributed by atoms with Gasteiger partial charge in [0, 0.05) is 31.4 Å². The van der Waals surface area contributed by atoms with Gasteiger partial charge in [-0.15, -0.1) is 0 Å². The molecule has 0 aliphatic carbocycles. The first kappa shape index (κ1) is 12.4. The molecule has 0 atom stereocenters. The van der Waals surface area contributed by atoms with Gasteiger partial charge in [0.05, 0.1) is 4.92 Å². The van der Waals surface area contributed by atoms with Crippen LogP contribution in [0.25, 0.3) is 0 Å². The van der Waals surface area contributed by atoms with Crippen molar-refractivity contribution in [3.63, 3.8) is 0 Å². The number of anilines is 1. The number of hydrogen-bond acceptors (Lipinski definition) is 5. The van der Waals surface area contributed by atoms with Crippen LogP contribution >= 0.6 is 0 Å². The van der Waals surface area contributed by atoms with Gasteiger partial charge in [-0.25, -0.2) is 4.98 Å². The van der Waals surface area contributed by atoms with E-state index in [1.807, 2.05) is 13.8 Å². The van der Waals surface area contributed by atoms with E-state index in [1.54, 1.807) is 6.07 Å². The first-order valence-corrected chi connectivity index (χ1v) is 5.18. The van der Waals surface area contributed by atoms with Gasteiger partial charge in [-0.1, -0.05) is 13.8 Å². The van der Waals surface area contributed by atoms with Crippen LogP contribution < -0.4 is 10.6 Å². The standard InChI is InChI=1S/C10H16N4O2/c1-8(2)11-6-7-13-10-9(14(15)16)4-3-5-12-10/h3-5,8,11H,6-7H2,1-2H3,(H,12,13). The Morgan fingerprint density at radius 2 is 2.25 bits per heavy atom. The molecular weight excluding hydrogens is 208 g/mol. The van der Waals surface area contributed by atoms with Gasteiger partial charge in [0.1, 0.15) is 0 Å². The molecule has 0 fully saturated rings. The molecule has 1 rings (SSSR count). The van der Waals surface area contributed by atoms with Crippen molar-refractivity contribution in [3.05, 3.63) is 28.4 Å². The molecule has 1 aromatic rings. The van der Waals surface area contributed by atoms with Crippen molar-refractivity contribution in [2.75, 3.05) is 18.4 Å². The summed E-state index contributed by atoms with van der Waals surface area (Å²) in [5, 5.41) is 16.8. The van der Waals surface area contributed by atoms with E-state index in [2.05, 4.69) is 15.6 Å². The van der Waals surface area contributed by atoms with Gasteiger partial charge < -0.3 is 10.6 Å². The molecule has 0 aromatic carbocycles. The summed E-state index contributed by atoms with van der Waals surface area (Å²) in [6.07, 6.45) is 1.53. The zero-order valence-corrected chi connectivity index (χ0v) is 9.43. The fourth-order valence-electron chi connectivity index (χ4n) is 1.22. The summed E-state index contributed by atoms with van der Waals surface area (Å²) in [6, 6.07) is 3.39. The van der Waals surface area contributed by atoms with Gasteiger partial charge in [0.15, 0.2) is 0 Å². The van der Waals surface area contributed by atoms with Crippen molar-refractivity contribution >= 4 is 11.5 Å². The van der Waals surface area contributed by atoms with Crippen LogP contribution in [0.15, 0.2) is 18.3 Å². The molecule has 0 amide bonds. The lowest BCUT2D eigenvalue weighted by Crippen LogP contribution is -2.28. The molecule has 6 heteroatoms. The highest BCUT2D eigenvalue weighted by atomic mass is 16.6. The van der Waals surface area contributed by atoms with E-state index in [0.29, 0.717) is 18.4 Å². The molecule has 16 heavy (non-hydrogen) atoms. The number of nitro groups is 1. The van der Waals surface area contributed by atoms with E-state index in [9.17, 15) is 10.1 Å². The number of nitrogens with one attached hydrogen (secondary N) is 2. The van der Waals surface area contributed by atoms with E-state index < -0.39 is 4.92 Å². The second-order valence-corrected chi connectivity index (χ2v) is 3.66. The summed E-state index contributed by atoms with van der Waals surface area (Å²) in [6.45, 7) is 5.44. The SMILES string of the molecule is CC(C)NCCNc1ncccc1[N+](=O)[O-]. The van der Waals surface area contributed by atoms with Crippen LogP contribution in [0.2, 0.25) is 0 Å². The third kappa shape index (κ3) is 3.82. The van der Waals surface area contributed by atoms with Crippen molar-refractivity contribution in [1.82, 2.24) is 10.3 Å².